The Bertz CT molecular complexity index is 238. The Balaban J connectivity index is 3.47. The molecule has 0 fully saturated rings. The average molecular weight is 248 g/mol. The van der Waals surface area contributed by atoms with E-state index in [1.165, 1.54) is 0 Å². The normalized spacial score (nSPS) is 12.5. The monoisotopic (exact) mass is 248 g/mol. The van der Waals surface area contributed by atoms with Crippen LogP contribution in [0.1, 0.15) is 40.0 Å². The maximum atomic E-state index is 11.1. The molecule has 1 N–H and O–H groups in total. The molecule has 0 amide bonds. The van der Waals surface area contributed by atoms with Crippen LogP contribution in [0.5, 0.6) is 0 Å². The molecule has 0 saturated carbocycles. The van der Waals surface area contributed by atoms with Gasteiger partial charge < -0.3 is 19.3 Å². The van der Waals surface area contributed by atoms with Crippen LogP contribution in [0.25, 0.3) is 0 Å². The molecule has 0 rings (SSSR count). The summed E-state index contributed by atoms with van der Waals surface area (Å²) < 4.78 is 15.1. The van der Waals surface area contributed by atoms with Crippen LogP contribution in [-0.2, 0) is 23.8 Å². The third-order valence-electron chi connectivity index (χ3n) is 1.76. The van der Waals surface area contributed by atoms with Gasteiger partial charge in [0.05, 0.1) is 6.10 Å². The molecule has 0 aromatic rings. The number of carboxylic acids is 1. The minimum absolute atomic E-state index is 0.0382. The molecule has 0 aromatic carbocycles. The molecule has 17 heavy (non-hydrogen) atoms. The molecule has 0 aliphatic heterocycles. The van der Waals surface area contributed by atoms with Gasteiger partial charge in [0.2, 0.25) is 0 Å². The fourth-order valence-electron chi connectivity index (χ4n) is 1.07. The summed E-state index contributed by atoms with van der Waals surface area (Å²) in [7, 11) is 0. The van der Waals surface area contributed by atoms with Gasteiger partial charge in [-0.1, -0.05) is 0 Å². The van der Waals surface area contributed by atoms with Crippen LogP contribution in [0.15, 0.2) is 0 Å². The van der Waals surface area contributed by atoms with Crippen LogP contribution in [0.3, 0.4) is 0 Å². The van der Waals surface area contributed by atoms with Crippen molar-refractivity contribution in [1.29, 1.82) is 0 Å². The molecule has 0 spiro atoms. The number of ether oxygens (including phenoxy) is 3. The van der Waals surface area contributed by atoms with Crippen molar-refractivity contribution in [3.05, 3.63) is 0 Å². The zero-order chi connectivity index (χ0) is 13.3. The summed E-state index contributed by atoms with van der Waals surface area (Å²) >= 11 is 0. The SMILES string of the molecule is CC(C)OC(C)OCOC(=O)CCCC(=O)O. The van der Waals surface area contributed by atoms with Gasteiger partial charge in [0, 0.05) is 12.8 Å². The highest BCUT2D eigenvalue weighted by atomic mass is 16.8. The second-order valence-corrected chi connectivity index (χ2v) is 3.80. The molecule has 0 aliphatic carbocycles. The fourth-order valence-corrected chi connectivity index (χ4v) is 1.07. The van der Waals surface area contributed by atoms with Crippen molar-refractivity contribution in [1.82, 2.24) is 0 Å². The van der Waals surface area contributed by atoms with E-state index in [0.717, 1.165) is 0 Å². The molecule has 0 aromatic heterocycles. The van der Waals surface area contributed by atoms with E-state index in [0.29, 0.717) is 0 Å². The largest absolute Gasteiger partial charge is 0.481 e. The van der Waals surface area contributed by atoms with Crippen LogP contribution in [0, 0.1) is 0 Å². The van der Waals surface area contributed by atoms with Gasteiger partial charge in [-0.25, -0.2) is 0 Å². The lowest BCUT2D eigenvalue weighted by Gasteiger charge is -2.16. The van der Waals surface area contributed by atoms with Crippen molar-refractivity contribution in [3.63, 3.8) is 0 Å². The Morgan fingerprint density at radius 2 is 1.82 bits per heavy atom. The lowest BCUT2D eigenvalue weighted by Crippen LogP contribution is -2.20. The Kier molecular flexibility index (Phi) is 8.35. The summed E-state index contributed by atoms with van der Waals surface area (Å²) in [6.07, 6.45) is -0.0949. The van der Waals surface area contributed by atoms with Crippen molar-refractivity contribution >= 4 is 11.9 Å². The number of hydrogen-bond acceptors (Lipinski definition) is 5. The molecule has 100 valence electrons. The Morgan fingerprint density at radius 1 is 1.18 bits per heavy atom. The summed E-state index contributed by atoms with van der Waals surface area (Å²) in [6, 6.07) is 0. The molecule has 0 aliphatic rings. The zero-order valence-electron chi connectivity index (χ0n) is 10.5. The van der Waals surface area contributed by atoms with E-state index in [2.05, 4.69) is 0 Å². The zero-order valence-corrected chi connectivity index (χ0v) is 10.5. The maximum Gasteiger partial charge on any atom is 0.307 e. The second kappa shape index (κ2) is 8.95. The van der Waals surface area contributed by atoms with Gasteiger partial charge in [0.1, 0.15) is 0 Å². The lowest BCUT2D eigenvalue weighted by molar-refractivity contribution is -0.203. The number of esters is 1. The highest BCUT2D eigenvalue weighted by molar-refractivity contribution is 5.71. The first-order valence-corrected chi connectivity index (χ1v) is 5.56. The van der Waals surface area contributed by atoms with Crippen LogP contribution in [0.2, 0.25) is 0 Å². The maximum absolute atomic E-state index is 11.1. The summed E-state index contributed by atoms with van der Waals surface area (Å²) in [4.78, 5) is 21.3. The molecule has 0 saturated heterocycles. The summed E-state index contributed by atoms with van der Waals surface area (Å²) in [5, 5.41) is 8.37. The highest BCUT2D eigenvalue weighted by Gasteiger charge is 2.08. The molecule has 6 nitrogen and oxygen atoms in total. The molecule has 1 unspecified atom stereocenters. The molecule has 0 heterocycles. The van der Waals surface area contributed by atoms with Gasteiger partial charge in [0.15, 0.2) is 13.1 Å². The number of carbonyl (C=O) groups excluding carboxylic acids is 1. The van der Waals surface area contributed by atoms with Crippen molar-refractivity contribution in [2.75, 3.05) is 6.79 Å². The second-order valence-electron chi connectivity index (χ2n) is 3.80. The van der Waals surface area contributed by atoms with Gasteiger partial charge in [-0.2, -0.15) is 0 Å². The lowest BCUT2D eigenvalue weighted by atomic mass is 10.2. The minimum Gasteiger partial charge on any atom is -0.481 e. The Morgan fingerprint density at radius 3 is 2.35 bits per heavy atom. The minimum atomic E-state index is -0.923. The molecule has 6 heteroatoms. The third kappa shape index (κ3) is 11.1. The van der Waals surface area contributed by atoms with Gasteiger partial charge >= 0.3 is 11.9 Å². The van der Waals surface area contributed by atoms with Crippen LogP contribution in [0.4, 0.5) is 0 Å². The molecule has 1 atom stereocenters. The van der Waals surface area contributed by atoms with E-state index >= 15 is 0 Å². The summed E-state index contributed by atoms with van der Waals surface area (Å²) in [5.74, 6) is -1.39. The van der Waals surface area contributed by atoms with E-state index in [1.807, 2.05) is 13.8 Å². The van der Waals surface area contributed by atoms with Crippen molar-refractivity contribution < 1.29 is 28.9 Å². The van der Waals surface area contributed by atoms with Gasteiger partial charge in [0.25, 0.3) is 0 Å². The number of rotatable bonds is 9. The quantitative estimate of drug-likeness (QED) is 0.492. The van der Waals surface area contributed by atoms with Gasteiger partial charge in [-0.05, 0) is 27.2 Å². The first-order chi connectivity index (χ1) is 7.91. The number of hydrogen-bond donors (Lipinski definition) is 1. The number of carbonyl (C=O) groups is 2. The Labute approximate surface area is 101 Å². The van der Waals surface area contributed by atoms with Gasteiger partial charge in [-0.15, -0.1) is 0 Å². The highest BCUT2D eigenvalue weighted by Crippen LogP contribution is 2.01. The van der Waals surface area contributed by atoms with Crippen LogP contribution in [-0.4, -0.2) is 36.2 Å². The van der Waals surface area contributed by atoms with Crippen LogP contribution >= 0.6 is 0 Å². The summed E-state index contributed by atoms with van der Waals surface area (Å²) in [5.41, 5.74) is 0. The van der Waals surface area contributed by atoms with E-state index in [-0.39, 0.29) is 32.2 Å². The summed E-state index contributed by atoms with van der Waals surface area (Å²) in [6.45, 7) is 5.27. The van der Waals surface area contributed by atoms with Crippen molar-refractivity contribution in [2.45, 2.75) is 52.4 Å². The first-order valence-electron chi connectivity index (χ1n) is 5.56. The van der Waals surface area contributed by atoms with Crippen LogP contribution < -0.4 is 0 Å². The smallest absolute Gasteiger partial charge is 0.307 e. The third-order valence-corrected chi connectivity index (χ3v) is 1.76. The molecular weight excluding hydrogens is 228 g/mol. The average Bonchev–Trinajstić information content (AvgIpc) is 2.15. The topological polar surface area (TPSA) is 82.1 Å². The molecule has 0 bridgehead atoms. The predicted molar refractivity (Wildman–Crippen MR) is 59.2 cm³/mol. The molecule has 0 radical (unpaired) electrons. The Hall–Kier alpha value is -1.14. The molecular formula is C11H20O6. The first kappa shape index (κ1) is 15.9. The van der Waals surface area contributed by atoms with E-state index in [9.17, 15) is 9.59 Å². The van der Waals surface area contributed by atoms with E-state index in [4.69, 9.17) is 19.3 Å². The number of carboxylic acid groups (broad SMARTS) is 1. The number of aliphatic carboxylic acids is 1. The fraction of sp³-hybridized carbons (Fsp3) is 0.818. The van der Waals surface area contributed by atoms with Crippen molar-refractivity contribution in [3.8, 4) is 0 Å². The van der Waals surface area contributed by atoms with Gasteiger partial charge in [-0.3, -0.25) is 9.59 Å². The standard InChI is InChI=1S/C11H20O6/c1-8(2)17-9(3)15-7-16-11(14)6-4-5-10(12)13/h8-9H,4-7H2,1-3H3,(H,12,13). The predicted octanol–water partition coefficient (Wildman–Crippen LogP) is 1.53. The van der Waals surface area contributed by atoms with E-state index in [1.54, 1.807) is 6.92 Å². The van der Waals surface area contributed by atoms with E-state index < -0.39 is 18.2 Å². The van der Waals surface area contributed by atoms with Crippen molar-refractivity contribution in [2.24, 2.45) is 0 Å².